The second-order valence-electron chi connectivity index (χ2n) is 5.62. The van der Waals surface area contributed by atoms with Crippen molar-refractivity contribution in [1.82, 2.24) is 20.2 Å². The fourth-order valence-electron chi connectivity index (χ4n) is 2.83. The molecule has 0 spiro atoms. The maximum absolute atomic E-state index is 13.3. The predicted octanol–water partition coefficient (Wildman–Crippen LogP) is 2.09. The maximum Gasteiger partial charge on any atom is 0.315 e. The number of amides is 2. The van der Waals surface area contributed by atoms with E-state index in [1.54, 1.807) is 12.4 Å². The first-order valence-electron chi connectivity index (χ1n) is 7.41. The van der Waals surface area contributed by atoms with Gasteiger partial charge in [0.2, 0.25) is 0 Å². The van der Waals surface area contributed by atoms with Gasteiger partial charge in [0, 0.05) is 26.2 Å². The Kier molecular flexibility index (Phi) is 4.09. The van der Waals surface area contributed by atoms with E-state index in [2.05, 4.69) is 15.6 Å². The summed E-state index contributed by atoms with van der Waals surface area (Å²) in [7, 11) is 1.91. The first-order valence-corrected chi connectivity index (χ1v) is 7.41. The molecule has 1 aliphatic rings. The third-order valence-electron chi connectivity index (χ3n) is 3.92. The molecule has 2 aromatic rings. The minimum atomic E-state index is -0.261. The second-order valence-corrected chi connectivity index (χ2v) is 5.62. The third kappa shape index (κ3) is 3.27. The largest absolute Gasteiger partial charge is 0.340 e. The normalized spacial score (nSPS) is 16.4. The topological polar surface area (TPSA) is 59.0 Å². The van der Waals surface area contributed by atoms with Gasteiger partial charge in [-0.15, -0.1) is 0 Å². The fraction of sp³-hybridized carbons (Fsp3) is 0.375. The Hall–Kier alpha value is -2.37. The van der Waals surface area contributed by atoms with E-state index in [4.69, 9.17) is 0 Å². The van der Waals surface area contributed by atoms with Gasteiger partial charge in [0.15, 0.2) is 0 Å². The summed E-state index contributed by atoms with van der Waals surface area (Å²) in [5.41, 5.74) is 2.94. The number of nitrogens with one attached hydrogen (secondary N) is 2. The van der Waals surface area contributed by atoms with Gasteiger partial charge in [0.25, 0.3) is 0 Å². The number of halogens is 1. The molecule has 0 saturated carbocycles. The number of imidazole rings is 1. The lowest BCUT2D eigenvalue weighted by atomic mass is 10.1. The average Bonchev–Trinajstić information content (AvgIpc) is 3.06. The molecule has 5 nitrogen and oxygen atoms in total. The van der Waals surface area contributed by atoms with Crippen molar-refractivity contribution < 1.29 is 9.18 Å². The Morgan fingerprint density at radius 2 is 2.36 bits per heavy atom. The molecule has 1 atom stereocenters. The highest BCUT2D eigenvalue weighted by molar-refractivity contribution is 5.74. The highest BCUT2D eigenvalue weighted by atomic mass is 19.1. The van der Waals surface area contributed by atoms with E-state index in [1.807, 2.05) is 17.8 Å². The number of nitrogens with zero attached hydrogens (tertiary/aromatic N) is 2. The van der Waals surface area contributed by atoms with Gasteiger partial charge in [0.05, 0.1) is 18.1 Å². The van der Waals surface area contributed by atoms with E-state index in [1.165, 1.54) is 12.1 Å². The number of aryl methyl sites for hydroxylation is 2. The van der Waals surface area contributed by atoms with E-state index < -0.39 is 0 Å². The Bertz CT molecular complexity index is 683. The van der Waals surface area contributed by atoms with Crippen LogP contribution in [0.15, 0.2) is 30.7 Å². The molecule has 1 heterocycles. The zero-order chi connectivity index (χ0) is 15.5. The highest BCUT2D eigenvalue weighted by Gasteiger charge is 2.24. The SMILES string of the molecule is Cn1cnc(CCNC(=O)NC2CCc3ccc(F)cc32)c1. The number of hydrogen-bond acceptors (Lipinski definition) is 2. The Morgan fingerprint density at radius 3 is 3.14 bits per heavy atom. The minimum Gasteiger partial charge on any atom is -0.340 e. The van der Waals surface area contributed by atoms with Gasteiger partial charge in [0.1, 0.15) is 5.82 Å². The molecule has 0 bridgehead atoms. The van der Waals surface area contributed by atoms with Crippen molar-refractivity contribution in [3.63, 3.8) is 0 Å². The molecule has 0 fully saturated rings. The van der Waals surface area contributed by atoms with Crippen LogP contribution < -0.4 is 10.6 Å². The van der Waals surface area contributed by atoms with Gasteiger partial charge in [-0.2, -0.15) is 0 Å². The standard InChI is InChI=1S/C16H19FN4O/c1-21-9-13(19-10-21)6-7-18-16(22)20-15-5-3-11-2-4-12(17)8-14(11)15/h2,4,8-10,15H,3,5-7H2,1H3,(H2,18,20,22). The number of aromatic nitrogens is 2. The van der Waals surface area contributed by atoms with Crippen molar-refractivity contribution in [3.8, 4) is 0 Å². The quantitative estimate of drug-likeness (QED) is 0.908. The van der Waals surface area contributed by atoms with E-state index in [0.717, 1.165) is 29.7 Å². The van der Waals surface area contributed by atoms with Crippen molar-refractivity contribution in [2.75, 3.05) is 6.54 Å². The zero-order valence-corrected chi connectivity index (χ0v) is 12.5. The molecule has 2 N–H and O–H groups in total. The number of carbonyl (C=O) groups is 1. The molecule has 22 heavy (non-hydrogen) atoms. The summed E-state index contributed by atoms with van der Waals surface area (Å²) < 4.78 is 15.2. The monoisotopic (exact) mass is 302 g/mol. The summed E-state index contributed by atoms with van der Waals surface area (Å²) in [5.74, 6) is -0.261. The number of carbonyl (C=O) groups excluding carboxylic acids is 1. The lowest BCUT2D eigenvalue weighted by Crippen LogP contribution is -2.38. The average molecular weight is 302 g/mol. The molecule has 3 rings (SSSR count). The first kappa shape index (κ1) is 14.6. The lowest BCUT2D eigenvalue weighted by molar-refractivity contribution is 0.237. The smallest absolute Gasteiger partial charge is 0.315 e. The van der Waals surface area contributed by atoms with Crippen LogP contribution in [0.1, 0.15) is 29.3 Å². The van der Waals surface area contributed by atoms with Crippen LogP contribution in [0, 0.1) is 5.82 Å². The van der Waals surface area contributed by atoms with E-state index in [-0.39, 0.29) is 17.9 Å². The van der Waals surface area contributed by atoms with Gasteiger partial charge in [-0.1, -0.05) is 6.07 Å². The summed E-state index contributed by atoms with van der Waals surface area (Å²) in [6.45, 7) is 0.519. The summed E-state index contributed by atoms with van der Waals surface area (Å²) in [6, 6.07) is 4.44. The van der Waals surface area contributed by atoms with Gasteiger partial charge in [-0.25, -0.2) is 14.2 Å². The summed E-state index contributed by atoms with van der Waals surface area (Å²) >= 11 is 0. The Morgan fingerprint density at radius 1 is 1.50 bits per heavy atom. The number of hydrogen-bond donors (Lipinski definition) is 2. The molecule has 1 aromatic carbocycles. The zero-order valence-electron chi connectivity index (χ0n) is 12.5. The molecular weight excluding hydrogens is 283 g/mol. The van der Waals surface area contributed by atoms with Gasteiger partial charge in [-0.3, -0.25) is 0 Å². The van der Waals surface area contributed by atoms with Crippen molar-refractivity contribution in [3.05, 3.63) is 53.4 Å². The molecule has 1 aliphatic carbocycles. The van der Waals surface area contributed by atoms with Crippen LogP contribution >= 0.6 is 0 Å². The number of benzene rings is 1. The van der Waals surface area contributed by atoms with Gasteiger partial charge in [-0.05, 0) is 36.1 Å². The number of urea groups is 1. The van der Waals surface area contributed by atoms with Crippen LogP contribution in [-0.4, -0.2) is 22.1 Å². The molecular formula is C16H19FN4O. The lowest BCUT2D eigenvalue weighted by Gasteiger charge is -2.14. The second kappa shape index (κ2) is 6.17. The molecule has 1 aromatic heterocycles. The van der Waals surface area contributed by atoms with Gasteiger partial charge < -0.3 is 15.2 Å². The van der Waals surface area contributed by atoms with Crippen molar-refractivity contribution in [2.45, 2.75) is 25.3 Å². The molecule has 0 aliphatic heterocycles. The summed E-state index contributed by atoms with van der Waals surface area (Å²) in [6.07, 6.45) is 6.03. The molecule has 6 heteroatoms. The Balaban J connectivity index is 1.50. The minimum absolute atomic E-state index is 0.111. The highest BCUT2D eigenvalue weighted by Crippen LogP contribution is 2.31. The van der Waals surface area contributed by atoms with E-state index in [0.29, 0.717) is 13.0 Å². The van der Waals surface area contributed by atoms with E-state index in [9.17, 15) is 9.18 Å². The summed E-state index contributed by atoms with van der Waals surface area (Å²) in [5, 5.41) is 5.73. The van der Waals surface area contributed by atoms with Crippen LogP contribution in [0.5, 0.6) is 0 Å². The van der Waals surface area contributed by atoms with Crippen LogP contribution in [0.4, 0.5) is 9.18 Å². The predicted molar refractivity (Wildman–Crippen MR) is 80.9 cm³/mol. The Labute approximate surface area is 128 Å². The maximum atomic E-state index is 13.3. The molecule has 116 valence electrons. The fourth-order valence-corrected chi connectivity index (χ4v) is 2.83. The van der Waals surface area contributed by atoms with Crippen LogP contribution in [0.3, 0.4) is 0 Å². The molecule has 2 amide bonds. The number of fused-ring (bicyclic) bond motifs is 1. The summed E-state index contributed by atoms with van der Waals surface area (Å²) in [4.78, 5) is 16.2. The third-order valence-corrected chi connectivity index (χ3v) is 3.92. The van der Waals surface area contributed by atoms with Crippen molar-refractivity contribution in [1.29, 1.82) is 0 Å². The van der Waals surface area contributed by atoms with E-state index >= 15 is 0 Å². The molecule has 1 unspecified atom stereocenters. The molecule has 0 saturated heterocycles. The van der Waals surface area contributed by atoms with Gasteiger partial charge >= 0.3 is 6.03 Å². The van der Waals surface area contributed by atoms with Crippen LogP contribution in [0.25, 0.3) is 0 Å². The number of rotatable bonds is 4. The first-order chi connectivity index (χ1) is 10.6. The van der Waals surface area contributed by atoms with Crippen molar-refractivity contribution in [2.24, 2.45) is 7.05 Å². The van der Waals surface area contributed by atoms with Crippen LogP contribution in [-0.2, 0) is 19.9 Å². The van der Waals surface area contributed by atoms with Crippen LogP contribution in [0.2, 0.25) is 0 Å². The van der Waals surface area contributed by atoms with Crippen molar-refractivity contribution >= 4 is 6.03 Å². The molecule has 0 radical (unpaired) electrons.